The Balaban J connectivity index is 2.20. The maximum atomic E-state index is 12.1. The highest BCUT2D eigenvalue weighted by Crippen LogP contribution is 2.20. The number of carbonyl (C=O) groups excluding carboxylic acids is 1. The summed E-state index contributed by atoms with van der Waals surface area (Å²) in [4.78, 5) is 33.1. The van der Waals surface area contributed by atoms with Crippen LogP contribution in [-0.2, 0) is 0 Å². The molecule has 0 aromatic heterocycles. The molecular formula is C15H12N2O5. The van der Waals surface area contributed by atoms with Crippen molar-refractivity contribution < 1.29 is 19.6 Å². The molecule has 0 atom stereocenters. The maximum Gasteiger partial charge on any atom is 0.335 e. The molecule has 7 heteroatoms. The molecule has 0 aliphatic heterocycles. The van der Waals surface area contributed by atoms with Crippen molar-refractivity contribution in [2.75, 3.05) is 5.32 Å². The Morgan fingerprint density at radius 2 is 1.68 bits per heavy atom. The summed E-state index contributed by atoms with van der Waals surface area (Å²) in [5, 5.41) is 22.2. The summed E-state index contributed by atoms with van der Waals surface area (Å²) in [7, 11) is 0. The second-order valence-electron chi connectivity index (χ2n) is 4.60. The van der Waals surface area contributed by atoms with Gasteiger partial charge in [0.15, 0.2) is 0 Å². The fourth-order valence-electron chi connectivity index (χ4n) is 1.85. The van der Waals surface area contributed by atoms with Crippen molar-refractivity contribution in [2.24, 2.45) is 0 Å². The molecule has 0 saturated carbocycles. The molecule has 22 heavy (non-hydrogen) atoms. The van der Waals surface area contributed by atoms with Crippen LogP contribution in [0.5, 0.6) is 0 Å². The van der Waals surface area contributed by atoms with Gasteiger partial charge in [0.1, 0.15) is 0 Å². The van der Waals surface area contributed by atoms with Crippen LogP contribution in [-0.4, -0.2) is 21.9 Å². The van der Waals surface area contributed by atoms with Crippen molar-refractivity contribution in [3.63, 3.8) is 0 Å². The van der Waals surface area contributed by atoms with Gasteiger partial charge in [0.25, 0.3) is 11.6 Å². The van der Waals surface area contributed by atoms with Gasteiger partial charge in [0, 0.05) is 22.9 Å². The van der Waals surface area contributed by atoms with Gasteiger partial charge in [-0.2, -0.15) is 0 Å². The van der Waals surface area contributed by atoms with Crippen molar-refractivity contribution >= 4 is 23.3 Å². The molecule has 2 aromatic rings. The van der Waals surface area contributed by atoms with Crippen molar-refractivity contribution in [1.82, 2.24) is 0 Å². The molecule has 112 valence electrons. The Hall–Kier alpha value is -3.22. The Bertz CT molecular complexity index is 753. The first-order chi connectivity index (χ1) is 10.4. The number of nitrogens with one attached hydrogen (secondary N) is 1. The zero-order valence-electron chi connectivity index (χ0n) is 11.6. The highest BCUT2D eigenvalue weighted by molar-refractivity contribution is 6.04. The summed E-state index contributed by atoms with van der Waals surface area (Å²) < 4.78 is 0. The Morgan fingerprint density at radius 3 is 2.23 bits per heavy atom. The van der Waals surface area contributed by atoms with E-state index in [1.165, 1.54) is 42.5 Å². The topological polar surface area (TPSA) is 110 Å². The van der Waals surface area contributed by atoms with E-state index in [4.69, 9.17) is 5.11 Å². The van der Waals surface area contributed by atoms with Crippen molar-refractivity contribution in [3.05, 3.63) is 69.3 Å². The first-order valence-electron chi connectivity index (χ1n) is 6.28. The predicted molar refractivity (Wildman–Crippen MR) is 79.2 cm³/mol. The molecule has 0 heterocycles. The number of nitro groups is 1. The van der Waals surface area contributed by atoms with Crippen LogP contribution in [0.1, 0.15) is 26.3 Å². The number of carboxylic acids is 1. The van der Waals surface area contributed by atoms with E-state index in [0.29, 0.717) is 11.3 Å². The van der Waals surface area contributed by atoms with E-state index in [1.807, 2.05) is 0 Å². The minimum atomic E-state index is -1.06. The molecule has 0 saturated heterocycles. The number of anilines is 1. The fourth-order valence-corrected chi connectivity index (χ4v) is 1.85. The van der Waals surface area contributed by atoms with Crippen LogP contribution in [0.2, 0.25) is 0 Å². The number of nitrogens with zero attached hydrogens (tertiary/aromatic N) is 1. The molecule has 7 nitrogen and oxygen atoms in total. The molecule has 1 amide bonds. The summed E-state index contributed by atoms with van der Waals surface area (Å²) in [5.41, 5.74) is 0.989. The van der Waals surface area contributed by atoms with Gasteiger partial charge >= 0.3 is 5.97 Å². The van der Waals surface area contributed by atoms with Crippen LogP contribution < -0.4 is 5.32 Å². The van der Waals surface area contributed by atoms with E-state index in [1.54, 1.807) is 6.92 Å². The number of rotatable bonds is 4. The third-order valence-corrected chi connectivity index (χ3v) is 3.06. The van der Waals surface area contributed by atoms with E-state index in [-0.39, 0.29) is 16.8 Å². The van der Waals surface area contributed by atoms with E-state index >= 15 is 0 Å². The standard InChI is InChI=1S/C15H12N2O5/c1-9-2-3-11(8-13(9)17(21)22)14(18)16-12-6-4-10(5-7-12)15(19)20/h2-8H,1H3,(H,16,18)(H,19,20). The van der Waals surface area contributed by atoms with Gasteiger partial charge in [-0.25, -0.2) is 4.79 Å². The first kappa shape index (κ1) is 15.2. The third kappa shape index (κ3) is 3.26. The minimum absolute atomic E-state index is 0.101. The monoisotopic (exact) mass is 300 g/mol. The normalized spacial score (nSPS) is 10.0. The summed E-state index contributed by atoms with van der Waals surface area (Å²) in [6.07, 6.45) is 0. The van der Waals surface area contributed by atoms with Crippen LogP contribution in [0, 0.1) is 17.0 Å². The van der Waals surface area contributed by atoms with Gasteiger partial charge in [-0.1, -0.05) is 6.07 Å². The lowest BCUT2D eigenvalue weighted by atomic mass is 10.1. The number of hydrogen-bond acceptors (Lipinski definition) is 4. The van der Waals surface area contributed by atoms with E-state index in [9.17, 15) is 19.7 Å². The highest BCUT2D eigenvalue weighted by atomic mass is 16.6. The largest absolute Gasteiger partial charge is 0.478 e. The number of benzene rings is 2. The fraction of sp³-hybridized carbons (Fsp3) is 0.0667. The van der Waals surface area contributed by atoms with Gasteiger partial charge < -0.3 is 10.4 Å². The molecule has 0 unspecified atom stereocenters. The second-order valence-corrected chi connectivity index (χ2v) is 4.60. The smallest absolute Gasteiger partial charge is 0.335 e. The molecule has 0 spiro atoms. The number of aryl methyl sites for hydroxylation is 1. The Kier molecular flexibility index (Phi) is 4.17. The van der Waals surface area contributed by atoms with Crippen LogP contribution in [0.4, 0.5) is 11.4 Å². The van der Waals surface area contributed by atoms with Crippen molar-refractivity contribution in [1.29, 1.82) is 0 Å². The van der Waals surface area contributed by atoms with Crippen LogP contribution >= 0.6 is 0 Å². The van der Waals surface area contributed by atoms with E-state index in [0.717, 1.165) is 0 Å². The van der Waals surface area contributed by atoms with Gasteiger partial charge in [-0.3, -0.25) is 14.9 Å². The molecule has 0 aliphatic rings. The second kappa shape index (κ2) is 6.04. The summed E-state index contributed by atoms with van der Waals surface area (Å²) >= 11 is 0. The number of aromatic carboxylic acids is 1. The Labute approximate surface area is 125 Å². The molecule has 0 bridgehead atoms. The average Bonchev–Trinajstić information content (AvgIpc) is 2.47. The van der Waals surface area contributed by atoms with E-state index in [2.05, 4.69) is 5.32 Å². The van der Waals surface area contributed by atoms with Gasteiger partial charge in [0.05, 0.1) is 10.5 Å². The number of carbonyl (C=O) groups is 2. The van der Waals surface area contributed by atoms with Crippen LogP contribution in [0.3, 0.4) is 0 Å². The highest BCUT2D eigenvalue weighted by Gasteiger charge is 2.15. The predicted octanol–water partition coefficient (Wildman–Crippen LogP) is 2.85. The third-order valence-electron chi connectivity index (χ3n) is 3.06. The summed E-state index contributed by atoms with van der Waals surface area (Å²) in [5.74, 6) is -1.57. The number of hydrogen-bond donors (Lipinski definition) is 2. The summed E-state index contributed by atoms with van der Waals surface area (Å²) in [6, 6.07) is 9.80. The van der Waals surface area contributed by atoms with Crippen molar-refractivity contribution in [3.8, 4) is 0 Å². The molecular weight excluding hydrogens is 288 g/mol. The first-order valence-corrected chi connectivity index (χ1v) is 6.28. The molecule has 2 N–H and O–H groups in total. The lowest BCUT2D eigenvalue weighted by molar-refractivity contribution is -0.385. The van der Waals surface area contributed by atoms with E-state index < -0.39 is 16.8 Å². The zero-order chi connectivity index (χ0) is 16.3. The molecule has 0 fully saturated rings. The molecule has 2 aromatic carbocycles. The molecule has 0 aliphatic carbocycles. The van der Waals surface area contributed by atoms with Crippen LogP contribution in [0.25, 0.3) is 0 Å². The van der Waals surface area contributed by atoms with Gasteiger partial charge in [0.2, 0.25) is 0 Å². The number of nitro benzene ring substituents is 1. The molecule has 0 radical (unpaired) electrons. The molecule has 2 rings (SSSR count). The average molecular weight is 300 g/mol. The summed E-state index contributed by atoms with van der Waals surface area (Å²) in [6.45, 7) is 1.59. The number of amides is 1. The lowest BCUT2D eigenvalue weighted by Crippen LogP contribution is -2.12. The van der Waals surface area contributed by atoms with Crippen LogP contribution in [0.15, 0.2) is 42.5 Å². The zero-order valence-corrected chi connectivity index (χ0v) is 11.6. The van der Waals surface area contributed by atoms with Crippen molar-refractivity contribution in [2.45, 2.75) is 6.92 Å². The minimum Gasteiger partial charge on any atom is -0.478 e. The Morgan fingerprint density at radius 1 is 1.09 bits per heavy atom. The van der Waals surface area contributed by atoms with Gasteiger partial charge in [-0.05, 0) is 37.3 Å². The van der Waals surface area contributed by atoms with Gasteiger partial charge in [-0.15, -0.1) is 0 Å². The quantitative estimate of drug-likeness (QED) is 0.666. The lowest BCUT2D eigenvalue weighted by Gasteiger charge is -2.06. The maximum absolute atomic E-state index is 12.1. The number of carboxylic acid groups (broad SMARTS) is 1. The SMILES string of the molecule is Cc1ccc(C(=O)Nc2ccc(C(=O)O)cc2)cc1[N+](=O)[O-].